The van der Waals surface area contributed by atoms with Gasteiger partial charge in [0.05, 0.1) is 11.1 Å². The minimum Gasteiger partial charge on any atom is -0.314 e. The zero-order valence-electron chi connectivity index (χ0n) is 14.8. The Bertz CT molecular complexity index is 558. The van der Waals surface area contributed by atoms with E-state index in [0.717, 1.165) is 25.0 Å². The second-order valence-corrected chi connectivity index (χ2v) is 6.84. The maximum absolute atomic E-state index is 13.2. The number of nitrogens with zero attached hydrogens (tertiary/aromatic N) is 1. The summed E-state index contributed by atoms with van der Waals surface area (Å²) in [6.07, 6.45) is -8.10. The normalized spacial score (nSPS) is 19.4. The topological polar surface area (TPSA) is 15.3 Å². The van der Waals surface area contributed by atoms with Crippen LogP contribution >= 0.6 is 0 Å². The molecular formula is C18H24F6N2. The Balaban J connectivity index is 2.54. The number of alkyl halides is 6. The highest BCUT2D eigenvalue weighted by Gasteiger charge is 2.38. The zero-order valence-corrected chi connectivity index (χ0v) is 14.8. The molecule has 1 heterocycles. The van der Waals surface area contributed by atoms with Gasteiger partial charge in [-0.1, -0.05) is 20.3 Å². The molecule has 1 aliphatic rings. The van der Waals surface area contributed by atoms with Crippen LogP contribution in [0.2, 0.25) is 0 Å². The smallest absolute Gasteiger partial charge is 0.314 e. The lowest BCUT2D eigenvalue weighted by Gasteiger charge is -2.39. The third-order valence-corrected chi connectivity index (χ3v) is 4.78. The number of rotatable bonds is 5. The molecule has 1 unspecified atom stereocenters. The molecule has 148 valence electrons. The average molecular weight is 382 g/mol. The minimum atomic E-state index is -4.82. The molecule has 1 aliphatic heterocycles. The summed E-state index contributed by atoms with van der Waals surface area (Å²) in [5, 5.41) is 3.16. The number of nitrogens with one attached hydrogen (secondary N) is 1. The molecule has 8 heteroatoms. The molecule has 0 aliphatic carbocycles. The highest BCUT2D eigenvalue weighted by atomic mass is 19.4. The van der Waals surface area contributed by atoms with E-state index < -0.39 is 29.5 Å². The summed E-state index contributed by atoms with van der Waals surface area (Å²) in [6, 6.07) is 1.49. The second kappa shape index (κ2) is 8.17. The quantitative estimate of drug-likeness (QED) is 0.713. The lowest BCUT2D eigenvalue weighted by molar-refractivity contribution is -0.143. The van der Waals surface area contributed by atoms with E-state index >= 15 is 0 Å². The zero-order chi connectivity index (χ0) is 19.5. The fourth-order valence-electron chi connectivity index (χ4n) is 3.62. The van der Waals surface area contributed by atoms with Gasteiger partial charge >= 0.3 is 12.4 Å². The van der Waals surface area contributed by atoms with Crippen LogP contribution < -0.4 is 5.32 Å². The number of benzene rings is 1. The van der Waals surface area contributed by atoms with Crippen molar-refractivity contribution >= 4 is 0 Å². The largest absolute Gasteiger partial charge is 0.416 e. The van der Waals surface area contributed by atoms with E-state index in [0.29, 0.717) is 26.2 Å². The molecule has 1 aromatic carbocycles. The summed E-state index contributed by atoms with van der Waals surface area (Å²) in [6.45, 7) is 6.37. The van der Waals surface area contributed by atoms with Crippen molar-refractivity contribution in [3.8, 4) is 0 Å². The van der Waals surface area contributed by atoms with E-state index in [4.69, 9.17) is 0 Å². The van der Waals surface area contributed by atoms with Crippen LogP contribution in [0.3, 0.4) is 0 Å². The van der Waals surface area contributed by atoms with Crippen LogP contribution in [0.15, 0.2) is 18.2 Å². The molecule has 0 amide bonds. The Morgan fingerprint density at radius 3 is 1.88 bits per heavy atom. The van der Waals surface area contributed by atoms with Crippen molar-refractivity contribution < 1.29 is 26.3 Å². The third-order valence-electron chi connectivity index (χ3n) is 4.78. The van der Waals surface area contributed by atoms with Gasteiger partial charge in [-0.15, -0.1) is 0 Å². The highest BCUT2D eigenvalue weighted by Crippen LogP contribution is 2.40. The Kier molecular flexibility index (Phi) is 6.60. The van der Waals surface area contributed by atoms with Crippen molar-refractivity contribution in [3.63, 3.8) is 0 Å². The molecule has 1 fully saturated rings. The summed E-state index contributed by atoms with van der Waals surface area (Å²) < 4.78 is 79.2. The molecule has 2 nitrogen and oxygen atoms in total. The van der Waals surface area contributed by atoms with Crippen molar-refractivity contribution in [1.29, 1.82) is 0 Å². The van der Waals surface area contributed by atoms with Crippen LogP contribution in [-0.4, -0.2) is 31.1 Å². The van der Waals surface area contributed by atoms with Crippen LogP contribution in [0, 0.1) is 5.92 Å². The van der Waals surface area contributed by atoms with Crippen LogP contribution in [0.4, 0.5) is 26.3 Å². The van der Waals surface area contributed by atoms with Crippen LogP contribution in [0.5, 0.6) is 0 Å². The summed E-state index contributed by atoms with van der Waals surface area (Å²) in [7, 11) is 0. The summed E-state index contributed by atoms with van der Waals surface area (Å²) >= 11 is 0. The van der Waals surface area contributed by atoms with Gasteiger partial charge in [0.25, 0.3) is 0 Å². The van der Waals surface area contributed by atoms with Crippen molar-refractivity contribution in [3.05, 3.63) is 34.9 Å². The van der Waals surface area contributed by atoms with Gasteiger partial charge in [0.15, 0.2) is 0 Å². The molecule has 0 bridgehead atoms. The molecule has 1 saturated heterocycles. The molecule has 1 N–H and O–H groups in total. The molecular weight excluding hydrogens is 358 g/mol. The monoisotopic (exact) mass is 382 g/mol. The molecule has 2 rings (SSSR count). The SMILES string of the molecule is CCCC(C)[C@@H](c1cc(C(F)(F)F)cc(C(F)(F)F)c1)N1CCNCC1. The average Bonchev–Trinajstić information content (AvgIpc) is 2.54. The van der Waals surface area contributed by atoms with Gasteiger partial charge in [0, 0.05) is 32.2 Å². The molecule has 26 heavy (non-hydrogen) atoms. The fraction of sp³-hybridized carbons (Fsp3) is 0.667. The lowest BCUT2D eigenvalue weighted by Crippen LogP contribution is -2.46. The third kappa shape index (κ3) is 5.13. The number of hydrogen-bond donors (Lipinski definition) is 1. The van der Waals surface area contributed by atoms with Crippen molar-refractivity contribution in [2.75, 3.05) is 26.2 Å². The molecule has 0 spiro atoms. The number of piperazine rings is 1. The van der Waals surface area contributed by atoms with Gasteiger partial charge in [-0.3, -0.25) is 4.90 Å². The van der Waals surface area contributed by atoms with Crippen LogP contribution in [0.1, 0.15) is 49.4 Å². The molecule has 0 radical (unpaired) electrons. The van der Waals surface area contributed by atoms with Crippen molar-refractivity contribution in [2.45, 2.75) is 45.1 Å². The van der Waals surface area contributed by atoms with Crippen LogP contribution in [-0.2, 0) is 12.4 Å². The van der Waals surface area contributed by atoms with Crippen LogP contribution in [0.25, 0.3) is 0 Å². The van der Waals surface area contributed by atoms with Gasteiger partial charge < -0.3 is 5.32 Å². The standard InChI is InChI=1S/C18H24F6N2/c1-3-4-12(2)16(26-7-5-25-6-8-26)13-9-14(17(19,20)21)11-15(10-13)18(22,23)24/h9-12,16,25H,3-8H2,1-2H3/t12?,16-/m0/s1. The first-order valence-electron chi connectivity index (χ1n) is 8.78. The van der Waals surface area contributed by atoms with E-state index in [1.54, 1.807) is 0 Å². The molecule has 2 atom stereocenters. The molecule has 0 saturated carbocycles. The first kappa shape index (κ1) is 21.0. The number of halogens is 6. The van der Waals surface area contributed by atoms with E-state index in [2.05, 4.69) is 5.32 Å². The molecule has 0 aromatic heterocycles. The summed E-state index contributed by atoms with van der Waals surface area (Å²) in [5.41, 5.74) is -2.40. The Labute approximate surface area is 149 Å². The van der Waals surface area contributed by atoms with Gasteiger partial charge in [0.2, 0.25) is 0 Å². The van der Waals surface area contributed by atoms with E-state index in [1.807, 2.05) is 18.7 Å². The summed E-state index contributed by atoms with van der Waals surface area (Å²) in [5.74, 6) is -0.0531. The van der Waals surface area contributed by atoms with Gasteiger partial charge in [-0.05, 0) is 36.1 Å². The van der Waals surface area contributed by atoms with Gasteiger partial charge in [0.1, 0.15) is 0 Å². The number of hydrogen-bond acceptors (Lipinski definition) is 2. The maximum Gasteiger partial charge on any atom is 0.416 e. The Hall–Kier alpha value is -1.28. The fourth-order valence-corrected chi connectivity index (χ4v) is 3.62. The van der Waals surface area contributed by atoms with Gasteiger partial charge in [-0.2, -0.15) is 26.3 Å². The summed E-state index contributed by atoms with van der Waals surface area (Å²) in [4.78, 5) is 1.99. The maximum atomic E-state index is 13.2. The van der Waals surface area contributed by atoms with Gasteiger partial charge in [-0.25, -0.2) is 0 Å². The second-order valence-electron chi connectivity index (χ2n) is 6.84. The predicted octanol–water partition coefficient (Wildman–Crippen LogP) is 5.11. The van der Waals surface area contributed by atoms with Crippen molar-refractivity contribution in [2.24, 2.45) is 5.92 Å². The Morgan fingerprint density at radius 1 is 0.962 bits per heavy atom. The van der Waals surface area contributed by atoms with E-state index in [1.165, 1.54) is 0 Å². The first-order chi connectivity index (χ1) is 12.0. The minimum absolute atomic E-state index is 0.0531. The van der Waals surface area contributed by atoms with E-state index in [-0.39, 0.29) is 17.5 Å². The highest BCUT2D eigenvalue weighted by molar-refractivity contribution is 5.35. The Morgan fingerprint density at radius 2 is 1.46 bits per heavy atom. The van der Waals surface area contributed by atoms with Crippen molar-refractivity contribution in [1.82, 2.24) is 10.2 Å². The predicted molar refractivity (Wildman–Crippen MR) is 87.7 cm³/mol. The van der Waals surface area contributed by atoms with E-state index in [9.17, 15) is 26.3 Å². The first-order valence-corrected chi connectivity index (χ1v) is 8.78. The lowest BCUT2D eigenvalue weighted by atomic mass is 9.87. The molecule has 1 aromatic rings.